The lowest BCUT2D eigenvalue weighted by atomic mass is 9.91. The number of piperazine rings is 1. The van der Waals surface area contributed by atoms with Crippen molar-refractivity contribution in [1.29, 1.82) is 0 Å². The number of carbonyl (C=O) groups excluding carboxylic acids is 2. The zero-order chi connectivity index (χ0) is 54.0. The van der Waals surface area contributed by atoms with E-state index in [0.29, 0.717) is 53.1 Å². The molecule has 21 heteroatoms. The highest BCUT2D eigenvalue weighted by molar-refractivity contribution is 7.13. The van der Waals surface area contributed by atoms with E-state index in [1.165, 1.54) is 4.90 Å². The Labute approximate surface area is 455 Å². The molecule has 78 heavy (non-hydrogen) atoms. The summed E-state index contributed by atoms with van der Waals surface area (Å²) in [6.45, 7) is 9.36. The van der Waals surface area contributed by atoms with E-state index in [2.05, 4.69) is 50.4 Å². The van der Waals surface area contributed by atoms with Gasteiger partial charge >= 0.3 is 0 Å². The predicted octanol–water partition coefficient (Wildman–Crippen LogP) is 7.55. The van der Waals surface area contributed by atoms with Crippen molar-refractivity contribution in [2.24, 2.45) is 5.92 Å². The van der Waals surface area contributed by atoms with Crippen LogP contribution in [0.25, 0.3) is 27.8 Å². The number of para-hydroxylation sites is 1. The second-order valence-corrected chi connectivity index (χ2v) is 21.7. The third kappa shape index (κ3) is 11.2. The summed E-state index contributed by atoms with van der Waals surface area (Å²) in [4.78, 5) is 53.0. The van der Waals surface area contributed by atoms with Crippen molar-refractivity contribution in [1.82, 2.24) is 45.5 Å². The molecule has 11 rings (SSSR count). The second kappa shape index (κ2) is 22.4. The summed E-state index contributed by atoms with van der Waals surface area (Å²) in [7, 11) is 0. The van der Waals surface area contributed by atoms with Crippen LogP contribution >= 0.6 is 11.3 Å². The minimum atomic E-state index is -0.857. The fourth-order valence-corrected chi connectivity index (χ4v) is 11.9. The van der Waals surface area contributed by atoms with Crippen molar-refractivity contribution in [3.8, 4) is 45.0 Å². The van der Waals surface area contributed by atoms with Gasteiger partial charge in [0.15, 0.2) is 23.2 Å². The highest BCUT2D eigenvalue weighted by Gasteiger charge is 2.44. The van der Waals surface area contributed by atoms with Crippen molar-refractivity contribution in [2.45, 2.75) is 108 Å². The molecule has 2 aromatic carbocycles. The van der Waals surface area contributed by atoms with Crippen LogP contribution in [0.3, 0.4) is 0 Å². The number of phenolic OH excluding ortho intramolecular Hbond substituents is 1. The van der Waals surface area contributed by atoms with Gasteiger partial charge in [-0.2, -0.15) is 0 Å². The molecule has 0 spiro atoms. The Kier molecular flexibility index (Phi) is 14.9. The van der Waals surface area contributed by atoms with Crippen LogP contribution < -0.4 is 35.1 Å². The molecular weight excluding hydrogens is 1010 g/mol. The van der Waals surface area contributed by atoms with E-state index in [1.807, 2.05) is 87.8 Å². The van der Waals surface area contributed by atoms with E-state index in [-0.39, 0.29) is 79.3 Å². The zero-order valence-electron chi connectivity index (χ0n) is 43.8. The van der Waals surface area contributed by atoms with Crippen LogP contribution in [0.5, 0.6) is 23.3 Å². The summed E-state index contributed by atoms with van der Waals surface area (Å²) < 4.78 is 24.0. The smallest absolute Gasteiger partial charge is 0.254 e. The number of nitrogen functional groups attached to an aromatic ring is 1. The minimum absolute atomic E-state index is 0.0254. The van der Waals surface area contributed by atoms with E-state index in [1.54, 1.807) is 60.3 Å². The number of hydrogen-bond acceptors (Lipinski definition) is 19. The number of benzene rings is 2. The average Bonchev–Trinajstić information content (AvgIpc) is 4.28. The number of aryl methyl sites for hydroxylation is 1. The number of anilines is 3. The number of nitrogens with one attached hydrogen (secondary N) is 1. The number of thiazole rings is 1. The van der Waals surface area contributed by atoms with Crippen molar-refractivity contribution in [2.75, 3.05) is 41.8 Å². The summed E-state index contributed by atoms with van der Waals surface area (Å²) in [5.74, 6) is 0.953. The van der Waals surface area contributed by atoms with Crippen LogP contribution in [0.1, 0.15) is 87.7 Å². The number of amides is 2. The molecule has 1 saturated carbocycles. The maximum atomic E-state index is 14.2. The number of rotatable bonds is 18. The van der Waals surface area contributed by atoms with Gasteiger partial charge < -0.3 is 54.7 Å². The number of nitrogens with zero attached hydrogens (tertiary/aromatic N) is 10. The van der Waals surface area contributed by atoms with E-state index in [0.717, 1.165) is 59.0 Å². The number of likely N-dealkylation sites (tertiary alicyclic amines) is 1. The fraction of sp³-hybridized carbons (Fsp3) is 0.386. The quantitative estimate of drug-likeness (QED) is 0.0647. The van der Waals surface area contributed by atoms with Crippen molar-refractivity contribution >= 4 is 46.4 Å². The van der Waals surface area contributed by atoms with Crippen LogP contribution in [0, 0.1) is 12.8 Å². The van der Waals surface area contributed by atoms with Crippen molar-refractivity contribution in [3.05, 3.63) is 126 Å². The van der Waals surface area contributed by atoms with Gasteiger partial charge in [-0.05, 0) is 85.3 Å². The fourth-order valence-electron chi connectivity index (χ4n) is 11.0. The Hall–Kier alpha value is -8.17. The summed E-state index contributed by atoms with van der Waals surface area (Å²) in [5.41, 5.74) is 14.2. The van der Waals surface area contributed by atoms with Gasteiger partial charge in [-0.25, -0.2) is 19.9 Å². The SMILES string of the molecule is Cc1ncsc1-c1ccc([C@H](C)NC(=O)[C@@H]2C[C@@H](O)CN2C(=O)[C@@H](c2cc(OC/C=C/c3ncc(O[C@H]4C[C@H](Oc5cc(N6C7CCC6CN(c6cc(-c8ccccc8O)nnc6N)C7)ccn5)C4)cn3)no2)C(C)C)cc1. The molecule has 5 aromatic heterocycles. The number of carbonyl (C=O) groups is 2. The Morgan fingerprint density at radius 2 is 1.65 bits per heavy atom. The molecule has 3 aliphatic heterocycles. The molecule has 20 nitrogen and oxygen atoms in total. The summed E-state index contributed by atoms with van der Waals surface area (Å²) in [6.07, 6.45) is 11.2. The Morgan fingerprint density at radius 3 is 2.38 bits per heavy atom. The zero-order valence-corrected chi connectivity index (χ0v) is 44.6. The van der Waals surface area contributed by atoms with Crippen molar-refractivity contribution < 1.29 is 38.5 Å². The second-order valence-electron chi connectivity index (χ2n) is 20.8. The summed E-state index contributed by atoms with van der Waals surface area (Å²) in [5, 5.41) is 36.8. The van der Waals surface area contributed by atoms with Crippen LogP contribution in [0.4, 0.5) is 17.2 Å². The normalized spacial score (nSPS) is 21.6. The Bertz CT molecular complexity index is 3260. The number of ether oxygens (including phenoxy) is 3. The molecule has 5 N–H and O–H groups in total. The molecular formula is C57H62N12O8S. The molecule has 2 bridgehead atoms. The number of phenols is 1. The topological polar surface area (TPSA) is 253 Å². The number of aromatic hydroxyl groups is 1. The molecule has 3 saturated heterocycles. The standard InChI is InChI=1S/C57H62N12O8S/c1-32(2)53(57(73)68-30-40(70)21-47(68)56(72)63-33(3)35-11-13-36(14-12-35)54-34(4)62-31-78-54)49-25-52(66-77-49)74-19-7-10-50-60-26-43(27-61-50)75-41-22-42(23-41)76-51-20-37(17-18-59-51)69-38-15-16-39(69)29-67(28-38)46-24-45(64-65-55(46)58)44-8-5-6-9-48(44)71/h5-14,17-18,20,24-27,31-33,38-42,47,53,70-71H,15-16,19,21-23,28-30H2,1-4H3,(H2,58,65)(H,63,72)/b10-7+/t33-,38?,39?,40+,41-,42-,47-,53+/m0/s1. The lowest BCUT2D eigenvalue weighted by molar-refractivity contribution is -0.141. The molecule has 404 valence electrons. The molecule has 6 atom stereocenters. The lowest BCUT2D eigenvalue weighted by Gasteiger charge is -2.43. The van der Waals surface area contributed by atoms with Gasteiger partial charge in [0, 0.05) is 80.6 Å². The number of fused-ring (bicyclic) bond motifs is 2. The van der Waals surface area contributed by atoms with Crippen LogP contribution in [-0.4, -0.2) is 125 Å². The Balaban J connectivity index is 0.623. The van der Waals surface area contributed by atoms with E-state index >= 15 is 0 Å². The maximum absolute atomic E-state index is 14.2. The number of nitrogens with two attached hydrogens (primary N) is 1. The molecule has 2 amide bonds. The number of β-amino-alcohol motifs (C(OH)–C–C–N with tert-alkyl or cyclic N) is 1. The molecule has 4 aliphatic rings. The minimum Gasteiger partial charge on any atom is -0.507 e. The van der Waals surface area contributed by atoms with Crippen LogP contribution in [-0.2, 0) is 9.59 Å². The summed E-state index contributed by atoms with van der Waals surface area (Å²) >= 11 is 1.58. The van der Waals surface area contributed by atoms with Gasteiger partial charge in [-0.15, -0.1) is 21.5 Å². The van der Waals surface area contributed by atoms with Gasteiger partial charge in [0.05, 0.1) is 52.0 Å². The van der Waals surface area contributed by atoms with Gasteiger partial charge in [0.1, 0.15) is 36.5 Å². The van der Waals surface area contributed by atoms with Crippen molar-refractivity contribution in [3.63, 3.8) is 0 Å². The Morgan fingerprint density at radius 1 is 0.897 bits per heavy atom. The number of aliphatic hydroxyl groups excluding tert-OH is 1. The number of pyridine rings is 1. The van der Waals surface area contributed by atoms with Gasteiger partial charge in [0.2, 0.25) is 17.7 Å². The maximum Gasteiger partial charge on any atom is 0.254 e. The third-order valence-electron chi connectivity index (χ3n) is 15.1. The van der Waals surface area contributed by atoms with Crippen LogP contribution in [0.2, 0.25) is 0 Å². The predicted molar refractivity (Wildman–Crippen MR) is 293 cm³/mol. The first-order valence-electron chi connectivity index (χ1n) is 26.4. The third-order valence-corrected chi connectivity index (χ3v) is 16.1. The van der Waals surface area contributed by atoms with E-state index < -0.39 is 18.1 Å². The summed E-state index contributed by atoms with van der Waals surface area (Å²) in [6, 6.07) is 22.0. The molecule has 8 heterocycles. The lowest BCUT2D eigenvalue weighted by Crippen LogP contribution is -2.54. The first kappa shape index (κ1) is 51.9. The first-order chi connectivity index (χ1) is 37.8. The van der Waals surface area contributed by atoms with Gasteiger partial charge in [0.25, 0.3) is 5.88 Å². The monoisotopic (exact) mass is 1070 g/mol. The number of aromatic nitrogens is 7. The van der Waals surface area contributed by atoms with E-state index in [4.69, 9.17) is 24.5 Å². The molecule has 4 fully saturated rings. The molecule has 0 radical (unpaired) electrons. The van der Waals surface area contributed by atoms with E-state index in [9.17, 15) is 19.8 Å². The number of aliphatic hydroxyl groups is 1. The van der Waals surface area contributed by atoms with Gasteiger partial charge in [-0.1, -0.05) is 50.2 Å². The van der Waals surface area contributed by atoms with Crippen LogP contribution in [0.15, 0.2) is 107 Å². The first-order valence-corrected chi connectivity index (χ1v) is 27.3. The number of hydrogen-bond donors (Lipinski definition) is 4. The average molecular weight is 1080 g/mol. The van der Waals surface area contributed by atoms with Gasteiger partial charge in [-0.3, -0.25) is 9.59 Å². The molecule has 2 unspecified atom stereocenters. The largest absolute Gasteiger partial charge is 0.507 e. The molecule has 7 aromatic rings. The highest BCUT2D eigenvalue weighted by Crippen LogP contribution is 2.41. The highest BCUT2D eigenvalue weighted by atomic mass is 32.1. The molecule has 1 aliphatic carbocycles.